The lowest BCUT2D eigenvalue weighted by Crippen LogP contribution is -2.50. The molecule has 4 nitrogen and oxygen atoms in total. The van der Waals surface area contributed by atoms with Crippen LogP contribution in [0.5, 0.6) is 0 Å². The summed E-state index contributed by atoms with van der Waals surface area (Å²) in [6.45, 7) is 5.87. The summed E-state index contributed by atoms with van der Waals surface area (Å²) in [4.78, 5) is 17.0. The Morgan fingerprint density at radius 3 is 2.38 bits per heavy atom. The third kappa shape index (κ3) is 4.43. The zero-order valence-corrected chi connectivity index (χ0v) is 13.3. The van der Waals surface area contributed by atoms with Gasteiger partial charge in [-0.3, -0.25) is 9.69 Å². The number of hydrogen-bond acceptors (Lipinski definition) is 3. The highest BCUT2D eigenvalue weighted by atomic mass is 16.5. The zero-order valence-electron chi connectivity index (χ0n) is 13.3. The zero-order chi connectivity index (χ0) is 14.5. The first-order valence-electron chi connectivity index (χ1n) is 8.93. The van der Waals surface area contributed by atoms with Crippen molar-refractivity contribution in [3.8, 4) is 0 Å². The second-order valence-corrected chi connectivity index (χ2v) is 7.02. The molecule has 2 aliphatic heterocycles. The predicted molar refractivity (Wildman–Crippen MR) is 83.2 cm³/mol. The molecule has 1 amide bonds. The van der Waals surface area contributed by atoms with Crippen LogP contribution < -0.4 is 0 Å². The molecule has 0 bridgehead atoms. The largest absolute Gasteiger partial charge is 0.377 e. The molecule has 2 heterocycles. The van der Waals surface area contributed by atoms with Gasteiger partial charge in [0.2, 0.25) is 5.91 Å². The van der Waals surface area contributed by atoms with Gasteiger partial charge in [-0.05, 0) is 31.6 Å². The quantitative estimate of drug-likeness (QED) is 0.797. The van der Waals surface area contributed by atoms with Gasteiger partial charge in [-0.15, -0.1) is 0 Å². The average molecular weight is 294 g/mol. The van der Waals surface area contributed by atoms with Crippen LogP contribution in [0.3, 0.4) is 0 Å². The molecule has 3 fully saturated rings. The second kappa shape index (κ2) is 7.59. The fourth-order valence-electron chi connectivity index (χ4n) is 4.02. The molecule has 0 radical (unpaired) electrons. The number of carbonyl (C=O) groups excluding carboxylic acids is 1. The van der Waals surface area contributed by atoms with Gasteiger partial charge in [0, 0.05) is 45.8 Å². The van der Waals surface area contributed by atoms with Crippen LogP contribution in [0.1, 0.15) is 51.4 Å². The molecular weight excluding hydrogens is 264 g/mol. The number of nitrogens with zero attached hydrogens (tertiary/aromatic N) is 2. The standard InChI is InChI=1S/C17H30N2O2/c20-17(13-15-5-2-1-3-6-15)19-10-8-18(9-11-19)14-16-7-4-12-21-16/h15-16H,1-14H2/t16-/m1/s1. The molecule has 3 aliphatic rings. The maximum atomic E-state index is 12.4. The van der Waals surface area contributed by atoms with Crippen molar-refractivity contribution in [2.24, 2.45) is 5.92 Å². The minimum Gasteiger partial charge on any atom is -0.377 e. The summed E-state index contributed by atoms with van der Waals surface area (Å²) in [5, 5.41) is 0. The van der Waals surface area contributed by atoms with Crippen molar-refractivity contribution >= 4 is 5.91 Å². The summed E-state index contributed by atoms with van der Waals surface area (Å²) in [5.41, 5.74) is 0. The molecule has 120 valence electrons. The van der Waals surface area contributed by atoms with Gasteiger partial charge in [0.1, 0.15) is 0 Å². The van der Waals surface area contributed by atoms with E-state index in [4.69, 9.17) is 4.74 Å². The van der Waals surface area contributed by atoms with E-state index in [-0.39, 0.29) is 0 Å². The molecule has 0 spiro atoms. The SMILES string of the molecule is O=C(CC1CCCCC1)N1CCN(C[C@H]2CCCO2)CC1. The van der Waals surface area contributed by atoms with Crippen molar-refractivity contribution in [3.05, 3.63) is 0 Å². The van der Waals surface area contributed by atoms with E-state index < -0.39 is 0 Å². The maximum Gasteiger partial charge on any atom is 0.222 e. The predicted octanol–water partition coefficient (Wildman–Crippen LogP) is 2.28. The van der Waals surface area contributed by atoms with Gasteiger partial charge in [0.05, 0.1) is 6.10 Å². The van der Waals surface area contributed by atoms with Crippen LogP contribution in [0, 0.1) is 5.92 Å². The second-order valence-electron chi connectivity index (χ2n) is 7.02. The summed E-state index contributed by atoms with van der Waals surface area (Å²) >= 11 is 0. The number of piperazine rings is 1. The van der Waals surface area contributed by atoms with Crippen LogP contribution in [-0.4, -0.2) is 61.1 Å². The molecule has 4 heteroatoms. The van der Waals surface area contributed by atoms with Gasteiger partial charge >= 0.3 is 0 Å². The van der Waals surface area contributed by atoms with E-state index in [1.807, 2.05) is 0 Å². The normalized spacial score (nSPS) is 29.0. The van der Waals surface area contributed by atoms with Gasteiger partial charge in [0.15, 0.2) is 0 Å². The maximum absolute atomic E-state index is 12.4. The van der Waals surface area contributed by atoms with Crippen molar-refractivity contribution in [1.29, 1.82) is 0 Å². The molecule has 0 aromatic heterocycles. The van der Waals surface area contributed by atoms with Gasteiger partial charge in [0.25, 0.3) is 0 Å². The Bertz CT molecular complexity index is 328. The molecule has 0 N–H and O–H groups in total. The molecular formula is C17H30N2O2. The van der Waals surface area contributed by atoms with Crippen LogP contribution in [0.25, 0.3) is 0 Å². The molecule has 1 atom stereocenters. The highest BCUT2D eigenvalue weighted by Crippen LogP contribution is 2.27. The summed E-state index contributed by atoms with van der Waals surface area (Å²) in [5.74, 6) is 1.06. The van der Waals surface area contributed by atoms with E-state index in [0.717, 1.165) is 45.8 Å². The lowest BCUT2D eigenvalue weighted by Gasteiger charge is -2.36. The van der Waals surface area contributed by atoms with E-state index in [1.165, 1.54) is 44.9 Å². The topological polar surface area (TPSA) is 32.8 Å². The summed E-state index contributed by atoms with van der Waals surface area (Å²) < 4.78 is 5.71. The average Bonchev–Trinajstić information content (AvgIpc) is 3.02. The van der Waals surface area contributed by atoms with Crippen LogP contribution in [-0.2, 0) is 9.53 Å². The van der Waals surface area contributed by atoms with Crippen molar-refractivity contribution in [2.75, 3.05) is 39.3 Å². The number of ether oxygens (including phenoxy) is 1. The molecule has 2 saturated heterocycles. The van der Waals surface area contributed by atoms with Gasteiger partial charge in [-0.25, -0.2) is 0 Å². The van der Waals surface area contributed by atoms with Crippen molar-refractivity contribution in [2.45, 2.75) is 57.5 Å². The minimum absolute atomic E-state index is 0.402. The summed E-state index contributed by atoms with van der Waals surface area (Å²) in [6.07, 6.45) is 10.2. The summed E-state index contributed by atoms with van der Waals surface area (Å²) in [7, 11) is 0. The Labute approximate surface area is 128 Å². The Kier molecular flexibility index (Phi) is 5.53. The van der Waals surface area contributed by atoms with Crippen molar-refractivity contribution in [3.63, 3.8) is 0 Å². The number of amides is 1. The highest BCUT2D eigenvalue weighted by molar-refractivity contribution is 5.76. The number of carbonyl (C=O) groups is 1. The van der Waals surface area contributed by atoms with Gasteiger partial charge in [-0.1, -0.05) is 19.3 Å². The first-order chi connectivity index (χ1) is 10.3. The van der Waals surface area contributed by atoms with Crippen molar-refractivity contribution in [1.82, 2.24) is 9.80 Å². The Morgan fingerprint density at radius 2 is 1.71 bits per heavy atom. The van der Waals surface area contributed by atoms with Crippen LogP contribution in [0.2, 0.25) is 0 Å². The molecule has 3 rings (SSSR count). The monoisotopic (exact) mass is 294 g/mol. The van der Waals surface area contributed by atoms with Gasteiger partial charge in [-0.2, -0.15) is 0 Å². The molecule has 1 saturated carbocycles. The molecule has 1 aliphatic carbocycles. The third-order valence-electron chi connectivity index (χ3n) is 5.40. The van der Waals surface area contributed by atoms with E-state index in [1.54, 1.807) is 0 Å². The lowest BCUT2D eigenvalue weighted by atomic mass is 9.86. The summed E-state index contributed by atoms with van der Waals surface area (Å²) in [6, 6.07) is 0. The van der Waals surface area contributed by atoms with E-state index in [2.05, 4.69) is 9.80 Å². The minimum atomic E-state index is 0.402. The number of hydrogen-bond donors (Lipinski definition) is 0. The molecule has 21 heavy (non-hydrogen) atoms. The number of rotatable bonds is 4. The highest BCUT2D eigenvalue weighted by Gasteiger charge is 2.26. The van der Waals surface area contributed by atoms with Crippen LogP contribution >= 0.6 is 0 Å². The van der Waals surface area contributed by atoms with Crippen LogP contribution in [0.4, 0.5) is 0 Å². The third-order valence-corrected chi connectivity index (χ3v) is 5.40. The van der Waals surface area contributed by atoms with E-state index >= 15 is 0 Å². The Balaban J connectivity index is 1.37. The van der Waals surface area contributed by atoms with Crippen LogP contribution in [0.15, 0.2) is 0 Å². The molecule has 0 aromatic rings. The first kappa shape index (κ1) is 15.3. The molecule has 0 aromatic carbocycles. The Morgan fingerprint density at radius 1 is 0.952 bits per heavy atom. The lowest BCUT2D eigenvalue weighted by molar-refractivity contribution is -0.134. The fraction of sp³-hybridized carbons (Fsp3) is 0.941. The van der Waals surface area contributed by atoms with Crippen molar-refractivity contribution < 1.29 is 9.53 Å². The van der Waals surface area contributed by atoms with E-state index in [9.17, 15) is 4.79 Å². The fourth-order valence-corrected chi connectivity index (χ4v) is 4.02. The Hall–Kier alpha value is -0.610. The van der Waals surface area contributed by atoms with Gasteiger partial charge < -0.3 is 9.64 Å². The first-order valence-corrected chi connectivity index (χ1v) is 8.93. The van der Waals surface area contributed by atoms with E-state index in [0.29, 0.717) is 17.9 Å². The molecule has 0 unspecified atom stereocenters. The smallest absolute Gasteiger partial charge is 0.222 e.